The lowest BCUT2D eigenvalue weighted by molar-refractivity contribution is -0.139. The zero-order valence-corrected chi connectivity index (χ0v) is 15.8. The molecule has 0 saturated heterocycles. The van der Waals surface area contributed by atoms with E-state index in [4.69, 9.17) is 11.6 Å². The first kappa shape index (κ1) is 20.5. The van der Waals surface area contributed by atoms with Crippen LogP contribution in [0.25, 0.3) is 0 Å². The molecule has 0 radical (unpaired) electrons. The van der Waals surface area contributed by atoms with Gasteiger partial charge in [0.15, 0.2) is 6.04 Å². The third-order valence-corrected chi connectivity index (χ3v) is 4.07. The van der Waals surface area contributed by atoms with Gasteiger partial charge in [0.2, 0.25) is 5.91 Å². The van der Waals surface area contributed by atoms with E-state index in [-0.39, 0.29) is 22.4 Å². The Kier molecular flexibility index (Phi) is 6.96. The van der Waals surface area contributed by atoms with Crippen LogP contribution in [0.15, 0.2) is 48.5 Å². The molecule has 2 aromatic carbocycles. The lowest BCUT2D eigenvalue weighted by Gasteiger charge is -2.16. The van der Waals surface area contributed by atoms with Crippen LogP contribution < -0.4 is 10.6 Å². The Labute approximate surface area is 162 Å². The predicted molar refractivity (Wildman–Crippen MR) is 104 cm³/mol. The van der Waals surface area contributed by atoms with Crippen molar-refractivity contribution >= 4 is 35.1 Å². The van der Waals surface area contributed by atoms with Gasteiger partial charge < -0.3 is 15.7 Å². The molecule has 3 N–H and O–H groups in total. The molecular weight excluding hydrogens is 368 g/mol. The summed E-state index contributed by atoms with van der Waals surface area (Å²) in [6.07, 6.45) is 0.346. The van der Waals surface area contributed by atoms with E-state index < -0.39 is 17.9 Å². The van der Waals surface area contributed by atoms with Crippen molar-refractivity contribution in [2.24, 2.45) is 5.92 Å². The van der Waals surface area contributed by atoms with Crippen LogP contribution in [0.3, 0.4) is 0 Å². The summed E-state index contributed by atoms with van der Waals surface area (Å²) in [6.45, 7) is 3.85. The van der Waals surface area contributed by atoms with Crippen LogP contribution in [0, 0.1) is 5.92 Å². The number of halogens is 1. The lowest BCUT2D eigenvalue weighted by Crippen LogP contribution is -2.34. The fourth-order valence-corrected chi connectivity index (χ4v) is 2.71. The maximum Gasteiger partial charge on any atom is 0.330 e. The van der Waals surface area contributed by atoms with E-state index in [9.17, 15) is 19.5 Å². The number of nitrogens with one attached hydrogen (secondary N) is 2. The minimum atomic E-state index is -1.21. The van der Waals surface area contributed by atoms with Crippen LogP contribution in [0.2, 0.25) is 5.02 Å². The van der Waals surface area contributed by atoms with Gasteiger partial charge in [-0.15, -0.1) is 0 Å². The third kappa shape index (κ3) is 5.82. The number of anilines is 1. The highest BCUT2D eigenvalue weighted by Crippen LogP contribution is 2.22. The average molecular weight is 389 g/mol. The average Bonchev–Trinajstić information content (AvgIpc) is 2.60. The van der Waals surface area contributed by atoms with E-state index >= 15 is 0 Å². The molecule has 0 spiro atoms. The monoisotopic (exact) mass is 388 g/mol. The number of amides is 2. The second-order valence-electron chi connectivity index (χ2n) is 6.50. The predicted octanol–water partition coefficient (Wildman–Crippen LogP) is 3.88. The third-order valence-electron chi connectivity index (χ3n) is 3.74. The van der Waals surface area contributed by atoms with E-state index in [1.54, 1.807) is 36.4 Å². The fraction of sp³-hybridized carbons (Fsp3) is 0.250. The van der Waals surface area contributed by atoms with Crippen molar-refractivity contribution in [3.05, 3.63) is 64.7 Å². The van der Waals surface area contributed by atoms with Crippen molar-refractivity contribution in [3.8, 4) is 0 Å². The molecule has 0 aliphatic carbocycles. The van der Waals surface area contributed by atoms with Gasteiger partial charge in [0.05, 0.1) is 10.6 Å². The van der Waals surface area contributed by atoms with Crippen molar-refractivity contribution in [2.45, 2.75) is 26.3 Å². The Morgan fingerprint density at radius 3 is 2.33 bits per heavy atom. The van der Waals surface area contributed by atoms with Gasteiger partial charge in [0, 0.05) is 12.1 Å². The van der Waals surface area contributed by atoms with Gasteiger partial charge >= 0.3 is 5.97 Å². The molecule has 0 aromatic heterocycles. The number of carbonyl (C=O) groups is 3. The van der Waals surface area contributed by atoms with Crippen LogP contribution >= 0.6 is 11.6 Å². The molecule has 0 heterocycles. The highest BCUT2D eigenvalue weighted by Gasteiger charge is 2.23. The smallest absolute Gasteiger partial charge is 0.330 e. The summed E-state index contributed by atoms with van der Waals surface area (Å²) in [6, 6.07) is 11.7. The number of carboxylic acid groups (broad SMARTS) is 1. The molecule has 6 nitrogen and oxygen atoms in total. The van der Waals surface area contributed by atoms with E-state index in [1.165, 1.54) is 12.1 Å². The molecule has 142 valence electrons. The zero-order valence-electron chi connectivity index (χ0n) is 15.0. The Morgan fingerprint density at radius 2 is 1.74 bits per heavy atom. The summed E-state index contributed by atoms with van der Waals surface area (Å²) in [5.74, 6) is -1.81. The van der Waals surface area contributed by atoms with Gasteiger partial charge in [-0.05, 0) is 29.7 Å². The Morgan fingerprint density at radius 1 is 1.07 bits per heavy atom. The van der Waals surface area contributed by atoms with E-state index in [0.717, 1.165) is 0 Å². The summed E-state index contributed by atoms with van der Waals surface area (Å²) in [4.78, 5) is 36.1. The van der Waals surface area contributed by atoms with Crippen molar-refractivity contribution < 1.29 is 19.5 Å². The lowest BCUT2D eigenvalue weighted by atomic mass is 10.1. The molecule has 0 aliphatic heterocycles. The highest BCUT2D eigenvalue weighted by molar-refractivity contribution is 6.34. The normalized spacial score (nSPS) is 11.7. The van der Waals surface area contributed by atoms with E-state index in [0.29, 0.717) is 17.7 Å². The van der Waals surface area contributed by atoms with Crippen LogP contribution in [0.1, 0.15) is 42.2 Å². The first-order valence-corrected chi connectivity index (χ1v) is 8.83. The van der Waals surface area contributed by atoms with Gasteiger partial charge in [-0.25, -0.2) is 4.79 Å². The van der Waals surface area contributed by atoms with Crippen LogP contribution in [0.4, 0.5) is 5.69 Å². The zero-order chi connectivity index (χ0) is 20.0. The quantitative estimate of drug-likeness (QED) is 0.670. The number of carbonyl (C=O) groups excluding carboxylic acids is 2. The summed E-state index contributed by atoms with van der Waals surface area (Å²) in [7, 11) is 0. The molecule has 1 atom stereocenters. The minimum Gasteiger partial charge on any atom is -0.479 e. The number of hydrogen-bond acceptors (Lipinski definition) is 3. The molecule has 1 unspecified atom stereocenters. The Balaban J connectivity index is 2.20. The van der Waals surface area contributed by atoms with Crippen LogP contribution in [-0.4, -0.2) is 22.9 Å². The summed E-state index contributed by atoms with van der Waals surface area (Å²) in [5, 5.41) is 14.8. The summed E-state index contributed by atoms with van der Waals surface area (Å²) in [5.41, 5.74) is 0.943. The number of rotatable bonds is 7. The molecule has 2 aromatic rings. The van der Waals surface area contributed by atoms with Crippen molar-refractivity contribution in [1.82, 2.24) is 5.32 Å². The maximum atomic E-state index is 12.6. The van der Waals surface area contributed by atoms with Crippen LogP contribution in [-0.2, 0) is 9.59 Å². The highest BCUT2D eigenvalue weighted by atomic mass is 35.5. The Bertz CT molecular complexity index is 837. The summed E-state index contributed by atoms with van der Waals surface area (Å²) >= 11 is 6.10. The van der Waals surface area contributed by atoms with Gasteiger partial charge in [0.25, 0.3) is 5.91 Å². The number of aliphatic carboxylic acids is 1. The second kappa shape index (κ2) is 9.19. The van der Waals surface area contributed by atoms with Gasteiger partial charge in [-0.2, -0.15) is 0 Å². The molecule has 2 amide bonds. The van der Waals surface area contributed by atoms with Crippen molar-refractivity contribution in [1.29, 1.82) is 0 Å². The van der Waals surface area contributed by atoms with Crippen molar-refractivity contribution in [3.63, 3.8) is 0 Å². The molecule has 0 saturated carbocycles. The molecule has 0 bridgehead atoms. The largest absolute Gasteiger partial charge is 0.479 e. The van der Waals surface area contributed by atoms with E-state index in [1.807, 2.05) is 13.8 Å². The number of benzene rings is 2. The molecular formula is C20H21ClN2O4. The fourth-order valence-electron chi connectivity index (χ4n) is 2.50. The molecule has 7 heteroatoms. The molecule has 2 rings (SSSR count). The Hall–Kier alpha value is -2.86. The molecule has 27 heavy (non-hydrogen) atoms. The SMILES string of the molecule is CC(C)CC(=O)Nc1ccc(Cl)c(C(=O)NC(C(=O)O)c2ccccc2)c1. The van der Waals surface area contributed by atoms with E-state index in [2.05, 4.69) is 10.6 Å². The molecule has 0 fully saturated rings. The second-order valence-corrected chi connectivity index (χ2v) is 6.90. The minimum absolute atomic E-state index is 0.0844. The van der Waals surface area contributed by atoms with Gasteiger partial charge in [0.1, 0.15) is 0 Å². The molecule has 0 aliphatic rings. The van der Waals surface area contributed by atoms with Gasteiger partial charge in [-0.1, -0.05) is 55.8 Å². The van der Waals surface area contributed by atoms with Crippen molar-refractivity contribution in [2.75, 3.05) is 5.32 Å². The number of carboxylic acids is 1. The standard InChI is InChI=1S/C20H21ClN2O4/c1-12(2)10-17(24)22-14-8-9-16(21)15(11-14)19(25)23-18(20(26)27)13-6-4-3-5-7-13/h3-9,11-12,18H,10H2,1-2H3,(H,22,24)(H,23,25)(H,26,27). The van der Waals surface area contributed by atoms with Crippen LogP contribution in [0.5, 0.6) is 0 Å². The first-order chi connectivity index (χ1) is 12.8. The van der Waals surface area contributed by atoms with Gasteiger partial charge in [-0.3, -0.25) is 9.59 Å². The summed E-state index contributed by atoms with van der Waals surface area (Å²) < 4.78 is 0. The first-order valence-electron chi connectivity index (χ1n) is 8.46. The maximum absolute atomic E-state index is 12.6. The topological polar surface area (TPSA) is 95.5 Å². The number of hydrogen-bond donors (Lipinski definition) is 3.